The number of ether oxygens (including phenoxy) is 2. The normalized spacial score (nSPS) is 13.3. The fraction of sp³-hybridized carbons (Fsp3) is 0.381. The molecule has 0 aliphatic carbocycles. The zero-order chi connectivity index (χ0) is 19.8. The van der Waals surface area contributed by atoms with Gasteiger partial charge in [-0.25, -0.2) is 4.79 Å². The van der Waals surface area contributed by atoms with E-state index in [0.717, 1.165) is 17.5 Å². The fourth-order valence-corrected chi connectivity index (χ4v) is 2.89. The molecule has 0 aliphatic rings. The Kier molecular flexibility index (Phi) is 8.10. The van der Waals surface area contributed by atoms with E-state index in [1.807, 2.05) is 43.4 Å². The average molecular weight is 392 g/mol. The van der Waals surface area contributed by atoms with Gasteiger partial charge in [0.05, 0.1) is 13.2 Å². The molecule has 0 fully saturated rings. The SMILES string of the molecule is COC(=O)COc1ccc(CC(C)N(C)CC(O)c2cccc(Cl)c2)cc1. The standard InChI is InChI=1S/C21H26ClNO4/c1-15(23(2)13-20(24)17-5-4-6-18(22)12-17)11-16-7-9-19(10-8-16)27-14-21(25)26-3/h4-10,12,15,20,24H,11,13-14H2,1-3H3. The van der Waals surface area contributed by atoms with Gasteiger partial charge in [-0.15, -0.1) is 0 Å². The molecule has 146 valence electrons. The van der Waals surface area contributed by atoms with Crippen LogP contribution in [0.25, 0.3) is 0 Å². The van der Waals surface area contributed by atoms with Crippen molar-refractivity contribution in [2.45, 2.75) is 25.5 Å². The van der Waals surface area contributed by atoms with Gasteiger partial charge in [-0.1, -0.05) is 35.9 Å². The number of nitrogens with zero attached hydrogens (tertiary/aromatic N) is 1. The van der Waals surface area contributed by atoms with E-state index in [4.69, 9.17) is 16.3 Å². The lowest BCUT2D eigenvalue weighted by atomic mass is 10.0. The van der Waals surface area contributed by atoms with Crippen molar-refractivity contribution in [2.75, 3.05) is 27.3 Å². The lowest BCUT2D eigenvalue weighted by Gasteiger charge is -2.27. The second kappa shape index (κ2) is 10.3. The van der Waals surface area contributed by atoms with Crippen molar-refractivity contribution in [3.8, 4) is 5.75 Å². The Hall–Kier alpha value is -2.08. The summed E-state index contributed by atoms with van der Waals surface area (Å²) in [7, 11) is 3.32. The Bertz CT molecular complexity index is 735. The number of aliphatic hydroxyl groups is 1. The first-order chi connectivity index (χ1) is 12.9. The quantitative estimate of drug-likeness (QED) is 0.663. The highest BCUT2D eigenvalue weighted by molar-refractivity contribution is 6.30. The first-order valence-corrected chi connectivity index (χ1v) is 9.19. The molecule has 0 amide bonds. The monoisotopic (exact) mass is 391 g/mol. The molecule has 0 bridgehead atoms. The van der Waals surface area contributed by atoms with Crippen LogP contribution in [-0.4, -0.2) is 49.3 Å². The minimum atomic E-state index is -0.592. The topological polar surface area (TPSA) is 59.0 Å². The van der Waals surface area contributed by atoms with E-state index in [2.05, 4.69) is 16.6 Å². The number of esters is 1. The Morgan fingerprint density at radius 3 is 2.56 bits per heavy atom. The molecule has 0 aliphatic heterocycles. The van der Waals surface area contributed by atoms with E-state index in [0.29, 0.717) is 17.3 Å². The smallest absolute Gasteiger partial charge is 0.343 e. The van der Waals surface area contributed by atoms with E-state index >= 15 is 0 Å². The molecule has 0 spiro atoms. The Morgan fingerprint density at radius 1 is 1.22 bits per heavy atom. The van der Waals surface area contributed by atoms with Crippen molar-refractivity contribution < 1.29 is 19.4 Å². The molecular formula is C21H26ClNO4. The van der Waals surface area contributed by atoms with Crippen molar-refractivity contribution in [3.05, 3.63) is 64.7 Å². The number of hydrogen-bond acceptors (Lipinski definition) is 5. The molecule has 2 rings (SSSR count). The van der Waals surface area contributed by atoms with E-state index in [9.17, 15) is 9.90 Å². The Labute approximate surface area is 165 Å². The van der Waals surface area contributed by atoms with Gasteiger partial charge in [-0.05, 0) is 55.8 Å². The first-order valence-electron chi connectivity index (χ1n) is 8.81. The molecule has 0 saturated heterocycles. The van der Waals surface area contributed by atoms with Crippen molar-refractivity contribution in [3.63, 3.8) is 0 Å². The van der Waals surface area contributed by atoms with Crippen LogP contribution in [-0.2, 0) is 16.0 Å². The van der Waals surface area contributed by atoms with Crippen LogP contribution < -0.4 is 4.74 Å². The van der Waals surface area contributed by atoms with E-state index < -0.39 is 12.1 Å². The zero-order valence-electron chi connectivity index (χ0n) is 15.9. The maximum absolute atomic E-state index is 11.1. The first kappa shape index (κ1) is 21.2. The molecule has 0 aromatic heterocycles. The van der Waals surface area contributed by atoms with Crippen LogP contribution in [0.4, 0.5) is 0 Å². The lowest BCUT2D eigenvalue weighted by Crippen LogP contribution is -2.34. The summed E-state index contributed by atoms with van der Waals surface area (Å²) in [5, 5.41) is 11.1. The number of rotatable bonds is 9. The molecule has 2 unspecified atom stereocenters. The largest absolute Gasteiger partial charge is 0.482 e. The number of aliphatic hydroxyl groups excluding tert-OH is 1. The van der Waals surface area contributed by atoms with Gasteiger partial charge in [-0.3, -0.25) is 0 Å². The van der Waals surface area contributed by atoms with Crippen molar-refractivity contribution in [1.82, 2.24) is 4.90 Å². The summed E-state index contributed by atoms with van der Waals surface area (Å²) < 4.78 is 9.90. The molecule has 2 aromatic carbocycles. The van der Waals surface area contributed by atoms with E-state index in [-0.39, 0.29) is 12.6 Å². The van der Waals surface area contributed by atoms with Crippen LogP contribution in [0.1, 0.15) is 24.2 Å². The van der Waals surface area contributed by atoms with Crippen molar-refractivity contribution in [1.29, 1.82) is 0 Å². The van der Waals surface area contributed by atoms with Gasteiger partial charge in [0.25, 0.3) is 0 Å². The predicted molar refractivity (Wildman–Crippen MR) is 106 cm³/mol. The molecule has 1 N–H and O–H groups in total. The lowest BCUT2D eigenvalue weighted by molar-refractivity contribution is -0.142. The van der Waals surface area contributed by atoms with Gasteiger partial charge < -0.3 is 19.5 Å². The molecule has 0 saturated carbocycles. The van der Waals surface area contributed by atoms with Crippen LogP contribution in [0, 0.1) is 0 Å². The summed E-state index contributed by atoms with van der Waals surface area (Å²) in [6, 6.07) is 15.2. The Morgan fingerprint density at radius 2 is 1.93 bits per heavy atom. The van der Waals surface area contributed by atoms with Crippen LogP contribution in [0.15, 0.2) is 48.5 Å². The molecule has 2 aromatic rings. The van der Waals surface area contributed by atoms with Crippen LogP contribution >= 0.6 is 11.6 Å². The number of methoxy groups -OCH3 is 1. The number of likely N-dealkylation sites (N-methyl/N-ethyl adjacent to an activating group) is 1. The van der Waals surface area contributed by atoms with Crippen LogP contribution in [0.5, 0.6) is 5.75 Å². The van der Waals surface area contributed by atoms with Gasteiger partial charge in [0.1, 0.15) is 5.75 Å². The second-order valence-electron chi connectivity index (χ2n) is 6.57. The third kappa shape index (κ3) is 6.86. The highest BCUT2D eigenvalue weighted by Crippen LogP contribution is 2.20. The average Bonchev–Trinajstić information content (AvgIpc) is 2.67. The minimum Gasteiger partial charge on any atom is -0.482 e. The van der Waals surface area contributed by atoms with Crippen LogP contribution in [0.3, 0.4) is 0 Å². The second-order valence-corrected chi connectivity index (χ2v) is 7.01. The fourth-order valence-electron chi connectivity index (χ4n) is 2.69. The van der Waals surface area contributed by atoms with E-state index in [1.165, 1.54) is 7.11 Å². The van der Waals surface area contributed by atoms with E-state index in [1.54, 1.807) is 12.1 Å². The third-order valence-electron chi connectivity index (χ3n) is 4.49. The van der Waals surface area contributed by atoms with Crippen LogP contribution in [0.2, 0.25) is 5.02 Å². The number of halogens is 1. The van der Waals surface area contributed by atoms with Gasteiger partial charge in [0.15, 0.2) is 6.61 Å². The number of carbonyl (C=O) groups is 1. The highest BCUT2D eigenvalue weighted by atomic mass is 35.5. The maximum Gasteiger partial charge on any atom is 0.343 e. The van der Waals surface area contributed by atoms with Gasteiger partial charge in [-0.2, -0.15) is 0 Å². The number of hydrogen-bond donors (Lipinski definition) is 1. The summed E-state index contributed by atoms with van der Waals surface area (Å²) in [4.78, 5) is 13.2. The summed E-state index contributed by atoms with van der Waals surface area (Å²) in [6.07, 6.45) is 0.237. The predicted octanol–water partition coefficient (Wildman–Crippen LogP) is 3.49. The van der Waals surface area contributed by atoms with Gasteiger partial charge in [0.2, 0.25) is 0 Å². The molecule has 0 heterocycles. The molecule has 6 heteroatoms. The molecule has 2 atom stereocenters. The zero-order valence-corrected chi connectivity index (χ0v) is 16.6. The maximum atomic E-state index is 11.1. The number of carbonyl (C=O) groups excluding carboxylic acids is 1. The van der Waals surface area contributed by atoms with Gasteiger partial charge >= 0.3 is 5.97 Å². The number of benzene rings is 2. The molecule has 0 radical (unpaired) electrons. The summed E-state index contributed by atoms with van der Waals surface area (Å²) in [5.74, 6) is 0.217. The molecule has 5 nitrogen and oxygen atoms in total. The third-order valence-corrected chi connectivity index (χ3v) is 4.72. The Balaban J connectivity index is 1.86. The summed E-state index contributed by atoms with van der Waals surface area (Å²) in [5.41, 5.74) is 1.96. The molecule has 27 heavy (non-hydrogen) atoms. The minimum absolute atomic E-state index is 0.101. The molecular weight excluding hydrogens is 366 g/mol. The highest BCUT2D eigenvalue weighted by Gasteiger charge is 2.16. The summed E-state index contributed by atoms with van der Waals surface area (Å²) in [6.45, 7) is 2.53. The van der Waals surface area contributed by atoms with Crippen molar-refractivity contribution >= 4 is 17.6 Å². The van der Waals surface area contributed by atoms with Gasteiger partial charge in [0, 0.05) is 17.6 Å². The summed E-state index contributed by atoms with van der Waals surface area (Å²) >= 11 is 6.00. The van der Waals surface area contributed by atoms with Crippen molar-refractivity contribution in [2.24, 2.45) is 0 Å².